The maximum atomic E-state index is 13.6. The van der Waals surface area contributed by atoms with Crippen LogP contribution in [0.2, 0.25) is 0 Å². The molecule has 1 aromatic heterocycles. The van der Waals surface area contributed by atoms with Crippen LogP contribution in [0.25, 0.3) is 11.1 Å². The topological polar surface area (TPSA) is 49.0 Å². The summed E-state index contributed by atoms with van der Waals surface area (Å²) in [4.78, 5) is 13.7. The number of rotatable bonds is 4. The van der Waals surface area contributed by atoms with Crippen molar-refractivity contribution in [1.29, 1.82) is 0 Å². The predicted octanol–water partition coefficient (Wildman–Crippen LogP) is 5.06. The standard InChI is InChI=1S/C18H11ClF5N3O/c1-27(17(28)11-8-25-26-16(11)18(19,23)24)14-5-3-2-4-10(14)9-6-12(20)15(22)13(21)7-9/h2-8H,1H3,(H,25,26). The van der Waals surface area contributed by atoms with Crippen molar-refractivity contribution in [2.75, 3.05) is 11.9 Å². The van der Waals surface area contributed by atoms with Gasteiger partial charge in [0.2, 0.25) is 0 Å². The molecule has 0 atom stereocenters. The van der Waals surface area contributed by atoms with Gasteiger partial charge >= 0.3 is 5.38 Å². The third-order valence-corrected chi connectivity index (χ3v) is 4.21. The lowest BCUT2D eigenvalue weighted by Gasteiger charge is -2.21. The van der Waals surface area contributed by atoms with E-state index in [1.165, 1.54) is 31.3 Å². The molecule has 1 amide bonds. The van der Waals surface area contributed by atoms with Gasteiger partial charge in [-0.15, -0.1) is 0 Å². The molecule has 0 aliphatic rings. The molecule has 0 aliphatic carbocycles. The zero-order chi connectivity index (χ0) is 20.6. The Morgan fingerprint density at radius 1 is 1.14 bits per heavy atom. The molecule has 1 N–H and O–H groups in total. The number of nitrogens with one attached hydrogen (secondary N) is 1. The summed E-state index contributed by atoms with van der Waals surface area (Å²) >= 11 is 4.98. The molecule has 146 valence electrons. The number of carbonyl (C=O) groups is 1. The molecule has 10 heteroatoms. The first kappa shape index (κ1) is 19.8. The van der Waals surface area contributed by atoms with Gasteiger partial charge in [0, 0.05) is 12.6 Å². The van der Waals surface area contributed by atoms with E-state index in [9.17, 15) is 26.7 Å². The zero-order valence-corrected chi connectivity index (χ0v) is 14.9. The Balaban J connectivity index is 2.06. The van der Waals surface area contributed by atoms with Crippen LogP contribution in [-0.4, -0.2) is 23.2 Å². The number of nitrogens with zero attached hydrogens (tertiary/aromatic N) is 2. The Morgan fingerprint density at radius 3 is 2.36 bits per heavy atom. The fraction of sp³-hybridized carbons (Fsp3) is 0.111. The van der Waals surface area contributed by atoms with Crippen molar-refractivity contribution in [3.05, 3.63) is 71.3 Å². The summed E-state index contributed by atoms with van der Waals surface area (Å²) in [6, 6.07) is 7.48. The number of hydrogen-bond acceptors (Lipinski definition) is 2. The van der Waals surface area contributed by atoms with Gasteiger partial charge < -0.3 is 4.90 Å². The van der Waals surface area contributed by atoms with Crippen molar-refractivity contribution >= 4 is 23.2 Å². The first-order valence-corrected chi connectivity index (χ1v) is 8.11. The Bertz CT molecular complexity index is 1020. The smallest absolute Gasteiger partial charge is 0.311 e. The van der Waals surface area contributed by atoms with Crippen LogP contribution in [0.3, 0.4) is 0 Å². The van der Waals surface area contributed by atoms with Crippen molar-refractivity contribution in [1.82, 2.24) is 10.2 Å². The minimum absolute atomic E-state index is 0.0401. The first-order chi connectivity index (χ1) is 13.1. The Morgan fingerprint density at radius 2 is 1.75 bits per heavy atom. The van der Waals surface area contributed by atoms with Gasteiger partial charge in [-0.25, -0.2) is 13.2 Å². The second kappa shape index (κ2) is 7.23. The fourth-order valence-electron chi connectivity index (χ4n) is 2.68. The quantitative estimate of drug-likeness (QED) is 0.368. The molecule has 4 nitrogen and oxygen atoms in total. The van der Waals surface area contributed by atoms with Crippen LogP contribution in [0.1, 0.15) is 16.1 Å². The SMILES string of the molecule is CN(C(=O)c1cn[nH]c1C(F)(F)Cl)c1ccccc1-c1cc(F)c(F)c(F)c1. The highest BCUT2D eigenvalue weighted by atomic mass is 35.5. The summed E-state index contributed by atoms with van der Waals surface area (Å²) in [5.41, 5.74) is -1.08. The van der Waals surface area contributed by atoms with E-state index in [0.717, 1.165) is 23.2 Å². The van der Waals surface area contributed by atoms with E-state index in [1.54, 1.807) is 0 Å². The number of aromatic amines is 1. The number of H-pyrrole nitrogens is 1. The molecule has 0 spiro atoms. The maximum absolute atomic E-state index is 13.6. The summed E-state index contributed by atoms with van der Waals surface area (Å²) < 4.78 is 67.4. The van der Waals surface area contributed by atoms with E-state index in [-0.39, 0.29) is 16.8 Å². The summed E-state index contributed by atoms with van der Waals surface area (Å²) in [6.07, 6.45) is 0.893. The lowest BCUT2D eigenvalue weighted by atomic mass is 10.0. The van der Waals surface area contributed by atoms with E-state index in [4.69, 9.17) is 11.6 Å². The van der Waals surface area contributed by atoms with Crippen LogP contribution in [0.15, 0.2) is 42.6 Å². The van der Waals surface area contributed by atoms with Crippen molar-refractivity contribution in [3.8, 4) is 11.1 Å². The Kier molecular flexibility index (Phi) is 5.12. The van der Waals surface area contributed by atoms with Crippen LogP contribution in [-0.2, 0) is 5.38 Å². The molecule has 0 unspecified atom stereocenters. The van der Waals surface area contributed by atoms with Gasteiger partial charge in [0.25, 0.3) is 5.91 Å². The van der Waals surface area contributed by atoms with Crippen LogP contribution in [0.4, 0.5) is 27.6 Å². The van der Waals surface area contributed by atoms with E-state index in [1.807, 2.05) is 5.10 Å². The molecule has 0 saturated carbocycles. The monoisotopic (exact) mass is 415 g/mol. The third-order valence-electron chi connectivity index (χ3n) is 4.02. The number of hydrogen-bond donors (Lipinski definition) is 1. The second-order valence-electron chi connectivity index (χ2n) is 5.79. The van der Waals surface area contributed by atoms with Crippen molar-refractivity contribution < 1.29 is 26.7 Å². The molecule has 28 heavy (non-hydrogen) atoms. The van der Waals surface area contributed by atoms with Gasteiger partial charge in [-0.05, 0) is 35.4 Å². The molecular weight excluding hydrogens is 405 g/mol. The van der Waals surface area contributed by atoms with E-state index >= 15 is 0 Å². The van der Waals surface area contributed by atoms with Gasteiger partial charge in [-0.3, -0.25) is 9.89 Å². The van der Waals surface area contributed by atoms with Crippen molar-refractivity contribution in [2.24, 2.45) is 0 Å². The predicted molar refractivity (Wildman–Crippen MR) is 92.8 cm³/mol. The average molecular weight is 416 g/mol. The van der Waals surface area contributed by atoms with E-state index in [0.29, 0.717) is 0 Å². The maximum Gasteiger partial charge on any atom is 0.365 e. The summed E-state index contributed by atoms with van der Waals surface area (Å²) in [7, 11) is 1.28. The molecule has 0 saturated heterocycles. The van der Waals surface area contributed by atoms with Crippen LogP contribution in [0.5, 0.6) is 0 Å². The Labute approximate surface area is 160 Å². The number of alkyl halides is 3. The molecule has 0 aliphatic heterocycles. The minimum Gasteiger partial charge on any atom is -0.311 e. The number of anilines is 1. The number of amides is 1. The fourth-order valence-corrected chi connectivity index (χ4v) is 2.82. The second-order valence-corrected chi connectivity index (χ2v) is 6.27. The molecule has 1 heterocycles. The highest BCUT2D eigenvalue weighted by molar-refractivity contribution is 6.22. The van der Waals surface area contributed by atoms with Crippen molar-refractivity contribution in [3.63, 3.8) is 0 Å². The van der Waals surface area contributed by atoms with Gasteiger partial charge in [0.15, 0.2) is 17.5 Å². The molecule has 0 fully saturated rings. The molecule has 0 bridgehead atoms. The normalized spacial score (nSPS) is 11.5. The highest BCUT2D eigenvalue weighted by Crippen LogP contribution is 2.36. The highest BCUT2D eigenvalue weighted by Gasteiger charge is 2.36. The van der Waals surface area contributed by atoms with E-state index < -0.39 is 40.0 Å². The molecule has 2 aromatic carbocycles. The van der Waals surface area contributed by atoms with Gasteiger partial charge in [0.1, 0.15) is 5.69 Å². The van der Waals surface area contributed by atoms with Crippen LogP contribution >= 0.6 is 11.6 Å². The minimum atomic E-state index is -3.86. The van der Waals surface area contributed by atoms with Gasteiger partial charge in [-0.2, -0.15) is 13.9 Å². The largest absolute Gasteiger partial charge is 0.365 e. The lowest BCUT2D eigenvalue weighted by Crippen LogP contribution is -2.28. The number of aromatic nitrogens is 2. The van der Waals surface area contributed by atoms with Crippen molar-refractivity contribution in [2.45, 2.75) is 5.38 Å². The summed E-state index contributed by atoms with van der Waals surface area (Å²) in [5, 5.41) is 1.55. The molecular formula is C18H11ClF5N3O. The van der Waals surface area contributed by atoms with Crippen LogP contribution < -0.4 is 4.90 Å². The molecule has 3 aromatic rings. The first-order valence-electron chi connectivity index (χ1n) is 7.73. The number of benzene rings is 2. The number of para-hydroxylation sites is 1. The van der Waals surface area contributed by atoms with E-state index in [2.05, 4.69) is 5.10 Å². The third kappa shape index (κ3) is 3.57. The number of carbonyl (C=O) groups excluding carboxylic acids is 1. The summed E-state index contributed by atoms with van der Waals surface area (Å²) in [5.74, 6) is -5.33. The molecule has 0 radical (unpaired) electrons. The number of halogens is 6. The zero-order valence-electron chi connectivity index (χ0n) is 14.1. The Hall–Kier alpha value is -2.94. The van der Waals surface area contributed by atoms with Gasteiger partial charge in [-0.1, -0.05) is 18.2 Å². The lowest BCUT2D eigenvalue weighted by molar-refractivity contribution is 0.0846. The van der Waals surface area contributed by atoms with Gasteiger partial charge in [0.05, 0.1) is 17.4 Å². The van der Waals surface area contributed by atoms with Crippen LogP contribution in [0, 0.1) is 17.5 Å². The summed E-state index contributed by atoms with van der Waals surface area (Å²) in [6.45, 7) is 0. The average Bonchev–Trinajstić information content (AvgIpc) is 3.15. The molecule has 3 rings (SSSR count).